The first-order valence-corrected chi connectivity index (χ1v) is 15.5. The lowest BCUT2D eigenvalue weighted by Gasteiger charge is -2.16. The number of hydrogen-bond donors (Lipinski definition) is 0. The van der Waals surface area contributed by atoms with Gasteiger partial charge in [-0.2, -0.15) is 0 Å². The molecular formula is C42H24N4. The van der Waals surface area contributed by atoms with E-state index < -0.39 is 0 Å². The van der Waals surface area contributed by atoms with E-state index in [4.69, 9.17) is 9.97 Å². The van der Waals surface area contributed by atoms with E-state index >= 15 is 0 Å². The lowest BCUT2D eigenvalue weighted by atomic mass is 9.88. The summed E-state index contributed by atoms with van der Waals surface area (Å²) in [6.45, 7) is 0. The summed E-state index contributed by atoms with van der Waals surface area (Å²) in [5.41, 5.74) is 9.01. The van der Waals surface area contributed by atoms with E-state index in [1.54, 1.807) is 0 Å². The van der Waals surface area contributed by atoms with Crippen LogP contribution in [0.25, 0.3) is 98.7 Å². The molecule has 46 heavy (non-hydrogen) atoms. The van der Waals surface area contributed by atoms with Gasteiger partial charge in [-0.25, -0.2) is 9.97 Å². The molecule has 6 aromatic carbocycles. The summed E-state index contributed by atoms with van der Waals surface area (Å²) in [5, 5.41) is 10.7. The first-order valence-electron chi connectivity index (χ1n) is 15.5. The van der Waals surface area contributed by atoms with Crippen LogP contribution >= 0.6 is 0 Å². The Kier molecular flexibility index (Phi) is 5.25. The first-order chi connectivity index (χ1) is 22.8. The zero-order valence-electron chi connectivity index (χ0n) is 24.6. The van der Waals surface area contributed by atoms with Gasteiger partial charge in [0.05, 0.1) is 27.9 Å². The molecule has 4 heteroatoms. The summed E-state index contributed by atoms with van der Waals surface area (Å²) >= 11 is 0. The molecule has 4 heterocycles. The fraction of sp³-hybridized carbons (Fsp3) is 0. The van der Waals surface area contributed by atoms with Gasteiger partial charge in [-0.1, -0.05) is 97.1 Å². The molecule has 10 rings (SSSR count). The van der Waals surface area contributed by atoms with E-state index in [0.717, 1.165) is 60.8 Å². The Morgan fingerprint density at radius 2 is 1.04 bits per heavy atom. The smallest absolute Gasteiger partial charge is 0.0972 e. The van der Waals surface area contributed by atoms with Crippen LogP contribution in [0, 0.1) is 0 Å². The third-order valence-electron chi connectivity index (χ3n) is 9.32. The third-order valence-corrected chi connectivity index (χ3v) is 9.32. The zero-order valence-corrected chi connectivity index (χ0v) is 24.6. The molecule has 10 aromatic rings. The second kappa shape index (κ2) is 9.62. The molecule has 0 saturated carbocycles. The van der Waals surface area contributed by atoms with Crippen molar-refractivity contribution in [3.05, 3.63) is 146 Å². The highest BCUT2D eigenvalue weighted by atomic mass is 14.8. The predicted octanol–water partition coefficient (Wildman–Crippen LogP) is 10.6. The molecule has 0 atom stereocenters. The van der Waals surface area contributed by atoms with Crippen molar-refractivity contribution in [3.63, 3.8) is 0 Å². The van der Waals surface area contributed by atoms with Gasteiger partial charge in [-0.05, 0) is 68.2 Å². The van der Waals surface area contributed by atoms with Gasteiger partial charge in [-0.15, -0.1) is 0 Å². The molecule has 0 aliphatic rings. The van der Waals surface area contributed by atoms with Gasteiger partial charge in [-0.3, -0.25) is 9.97 Å². The number of fused-ring (bicyclic) bond motifs is 4. The molecule has 4 nitrogen and oxygen atoms in total. The normalized spacial score (nSPS) is 11.9. The number of aromatic nitrogens is 4. The summed E-state index contributed by atoms with van der Waals surface area (Å²) in [5.74, 6) is 0. The van der Waals surface area contributed by atoms with Crippen LogP contribution in [-0.4, -0.2) is 19.9 Å². The maximum atomic E-state index is 5.32. The van der Waals surface area contributed by atoms with E-state index in [1.165, 1.54) is 37.9 Å². The van der Waals surface area contributed by atoms with Gasteiger partial charge >= 0.3 is 0 Å². The number of rotatable bonds is 3. The van der Waals surface area contributed by atoms with Crippen LogP contribution in [0.2, 0.25) is 0 Å². The van der Waals surface area contributed by atoms with E-state index in [9.17, 15) is 0 Å². The molecular weight excluding hydrogens is 560 g/mol. The van der Waals surface area contributed by atoms with Crippen LogP contribution in [0.1, 0.15) is 0 Å². The Morgan fingerprint density at radius 1 is 0.413 bits per heavy atom. The number of benzene rings is 6. The molecule has 0 aliphatic carbocycles. The molecule has 0 fully saturated rings. The molecule has 0 radical (unpaired) electrons. The number of hydrogen-bond acceptors (Lipinski definition) is 4. The molecule has 0 amide bonds. The average Bonchev–Trinajstić information content (AvgIpc) is 3.13. The van der Waals surface area contributed by atoms with E-state index in [1.807, 2.05) is 42.9 Å². The Balaban J connectivity index is 1.18. The number of nitrogens with zero attached hydrogens (tertiary/aromatic N) is 4. The lowest BCUT2D eigenvalue weighted by molar-refractivity contribution is 1.33. The molecule has 212 valence electrons. The molecule has 0 unspecified atom stereocenters. The second-order valence-electron chi connectivity index (χ2n) is 11.9. The number of para-hydroxylation sites is 1. The van der Waals surface area contributed by atoms with Crippen molar-refractivity contribution < 1.29 is 0 Å². The maximum absolute atomic E-state index is 5.32. The summed E-state index contributed by atoms with van der Waals surface area (Å²) in [4.78, 5) is 19.6. The Hall–Kier alpha value is -6.26. The van der Waals surface area contributed by atoms with Crippen LogP contribution in [0.5, 0.6) is 0 Å². The average molecular weight is 585 g/mol. The van der Waals surface area contributed by atoms with Crippen molar-refractivity contribution in [1.29, 1.82) is 0 Å². The minimum Gasteiger partial charge on any atom is -0.264 e. The topological polar surface area (TPSA) is 51.6 Å². The first kappa shape index (κ1) is 25.1. The van der Waals surface area contributed by atoms with Gasteiger partial charge in [0.25, 0.3) is 0 Å². The van der Waals surface area contributed by atoms with Crippen molar-refractivity contribution in [2.75, 3.05) is 0 Å². The highest BCUT2D eigenvalue weighted by molar-refractivity contribution is 6.27. The summed E-state index contributed by atoms with van der Waals surface area (Å²) < 4.78 is 0. The molecule has 0 saturated heterocycles. The minimum absolute atomic E-state index is 0.887. The van der Waals surface area contributed by atoms with E-state index in [-0.39, 0.29) is 0 Å². The Labute approximate surface area is 264 Å². The van der Waals surface area contributed by atoms with Crippen molar-refractivity contribution >= 4 is 65.0 Å². The minimum atomic E-state index is 0.887. The monoisotopic (exact) mass is 584 g/mol. The van der Waals surface area contributed by atoms with Crippen LogP contribution in [-0.2, 0) is 0 Å². The Bertz CT molecular complexity index is 2810. The summed E-state index contributed by atoms with van der Waals surface area (Å²) in [6, 6.07) is 45.1. The van der Waals surface area contributed by atoms with Gasteiger partial charge < -0.3 is 0 Å². The summed E-state index contributed by atoms with van der Waals surface area (Å²) in [7, 11) is 0. The standard InChI is InChI=1S/C42H24N4/c1-2-6-36-29(4-1)22-31(24-44-36)37-19-13-27-7-8-28-14-20-38(46-42(28)41(27)45-37)33-16-10-26-11-17-34-32(30-5-3-21-43-23-30)15-9-25-12-18-35(33)40(26)39(25)34/h1-24H. The van der Waals surface area contributed by atoms with Crippen LogP contribution in [0.3, 0.4) is 0 Å². The molecule has 0 bridgehead atoms. The fourth-order valence-electron chi connectivity index (χ4n) is 7.09. The molecule has 4 aromatic heterocycles. The molecule has 0 N–H and O–H groups in total. The number of pyridine rings is 4. The summed E-state index contributed by atoms with van der Waals surface area (Å²) in [6.07, 6.45) is 5.67. The van der Waals surface area contributed by atoms with Gasteiger partial charge in [0.1, 0.15) is 0 Å². The van der Waals surface area contributed by atoms with Crippen molar-refractivity contribution in [1.82, 2.24) is 19.9 Å². The van der Waals surface area contributed by atoms with E-state index in [2.05, 4.69) is 113 Å². The third kappa shape index (κ3) is 3.74. The largest absolute Gasteiger partial charge is 0.264 e. The van der Waals surface area contributed by atoms with Crippen molar-refractivity contribution in [2.24, 2.45) is 0 Å². The highest BCUT2D eigenvalue weighted by Crippen LogP contribution is 2.42. The maximum Gasteiger partial charge on any atom is 0.0972 e. The van der Waals surface area contributed by atoms with Gasteiger partial charge in [0, 0.05) is 51.4 Å². The lowest BCUT2D eigenvalue weighted by Crippen LogP contribution is -1.93. The highest BCUT2D eigenvalue weighted by Gasteiger charge is 2.16. The van der Waals surface area contributed by atoms with Gasteiger partial charge in [0.2, 0.25) is 0 Å². The zero-order chi connectivity index (χ0) is 30.2. The van der Waals surface area contributed by atoms with Crippen LogP contribution < -0.4 is 0 Å². The van der Waals surface area contributed by atoms with Crippen LogP contribution in [0.15, 0.2) is 146 Å². The van der Waals surface area contributed by atoms with Crippen molar-refractivity contribution in [3.8, 4) is 33.6 Å². The molecule has 0 aliphatic heterocycles. The SMILES string of the molecule is c1cncc(-c2ccc3ccc4c(-c5ccc6ccc7ccc(-c8cnc9ccccc9c8)nc7c6n5)ccc5ccc2c3c54)c1. The quantitative estimate of drug-likeness (QED) is 0.194. The fourth-order valence-corrected chi connectivity index (χ4v) is 7.09. The van der Waals surface area contributed by atoms with E-state index in [0.29, 0.717) is 0 Å². The van der Waals surface area contributed by atoms with Crippen LogP contribution in [0.4, 0.5) is 0 Å². The predicted molar refractivity (Wildman–Crippen MR) is 190 cm³/mol. The van der Waals surface area contributed by atoms with Gasteiger partial charge in [0.15, 0.2) is 0 Å². The van der Waals surface area contributed by atoms with Crippen molar-refractivity contribution in [2.45, 2.75) is 0 Å². The molecule has 0 spiro atoms. The second-order valence-corrected chi connectivity index (χ2v) is 11.9. The Morgan fingerprint density at radius 3 is 1.80 bits per heavy atom.